The number of benzene rings is 2. The van der Waals surface area contributed by atoms with E-state index in [1.807, 2.05) is 0 Å². The normalized spacial score (nSPS) is 16.6. The summed E-state index contributed by atoms with van der Waals surface area (Å²) in [6.45, 7) is -0.293. The van der Waals surface area contributed by atoms with Gasteiger partial charge in [-0.05, 0) is 47.7 Å². The smallest absolute Gasteiger partial charge is 0.294 e. The molecule has 0 radical (unpaired) electrons. The molecular formula is C19H12Cl2N2O5S. The molecule has 1 N–H and O–H groups in total. The quantitative estimate of drug-likeness (QED) is 0.694. The number of halogens is 2. The van der Waals surface area contributed by atoms with Crippen molar-refractivity contribution in [2.45, 2.75) is 0 Å². The number of hydrogen-bond acceptors (Lipinski definition) is 6. The number of imide groups is 1. The Morgan fingerprint density at radius 1 is 1.14 bits per heavy atom. The van der Waals surface area contributed by atoms with Crippen LogP contribution in [0.15, 0.2) is 41.3 Å². The molecule has 0 bridgehead atoms. The second-order valence-electron chi connectivity index (χ2n) is 6.05. The average Bonchev–Trinajstić information content (AvgIpc) is 3.23. The molecular weight excluding hydrogens is 439 g/mol. The molecule has 0 aromatic heterocycles. The lowest BCUT2D eigenvalue weighted by molar-refractivity contribution is -0.127. The third kappa shape index (κ3) is 4.19. The number of hydrogen-bond donors (Lipinski definition) is 1. The predicted octanol–water partition coefficient (Wildman–Crippen LogP) is 4.40. The highest BCUT2D eigenvalue weighted by Crippen LogP contribution is 2.35. The van der Waals surface area contributed by atoms with E-state index in [4.69, 9.17) is 32.7 Å². The lowest BCUT2D eigenvalue weighted by Crippen LogP contribution is -2.36. The Labute approximate surface area is 179 Å². The first-order valence-electron chi connectivity index (χ1n) is 8.30. The molecule has 4 rings (SSSR count). The molecule has 2 aromatic carbocycles. The van der Waals surface area contributed by atoms with Crippen molar-refractivity contribution in [2.24, 2.45) is 0 Å². The lowest BCUT2D eigenvalue weighted by atomic mass is 10.2. The molecule has 1 saturated heterocycles. The van der Waals surface area contributed by atoms with Gasteiger partial charge in [0, 0.05) is 21.8 Å². The van der Waals surface area contributed by atoms with E-state index in [1.54, 1.807) is 30.3 Å². The van der Waals surface area contributed by atoms with Gasteiger partial charge < -0.3 is 14.8 Å². The number of carbonyl (C=O) groups excluding carboxylic acids is 3. The number of rotatable bonds is 4. The largest absolute Gasteiger partial charge is 0.454 e. The van der Waals surface area contributed by atoms with Crippen LogP contribution in [-0.2, 0) is 9.59 Å². The zero-order chi connectivity index (χ0) is 20.5. The summed E-state index contributed by atoms with van der Waals surface area (Å²) in [4.78, 5) is 38.2. The fourth-order valence-corrected chi connectivity index (χ4v) is 4.01. The Kier molecular flexibility index (Phi) is 5.40. The monoisotopic (exact) mass is 450 g/mol. The van der Waals surface area contributed by atoms with E-state index in [-0.39, 0.29) is 11.7 Å². The van der Waals surface area contributed by atoms with Gasteiger partial charge in [0.15, 0.2) is 11.5 Å². The maximum atomic E-state index is 12.6. The molecule has 0 spiro atoms. The number of amides is 3. The minimum Gasteiger partial charge on any atom is -0.454 e. The van der Waals surface area contributed by atoms with Gasteiger partial charge in [-0.2, -0.15) is 0 Å². The Balaban J connectivity index is 1.45. The van der Waals surface area contributed by atoms with Gasteiger partial charge >= 0.3 is 0 Å². The summed E-state index contributed by atoms with van der Waals surface area (Å²) in [6.07, 6.45) is 1.50. The number of nitrogens with zero attached hydrogens (tertiary/aromatic N) is 1. The Morgan fingerprint density at radius 2 is 1.93 bits per heavy atom. The SMILES string of the molecule is O=C(CN1C(=O)S/C(=C/c2ccc(Cl)cc2Cl)C1=O)Nc1ccc2c(c1)OCO2. The molecule has 0 aliphatic carbocycles. The first-order chi connectivity index (χ1) is 13.9. The molecule has 148 valence electrons. The van der Waals surface area contributed by atoms with Crippen LogP contribution in [0.5, 0.6) is 11.5 Å². The van der Waals surface area contributed by atoms with E-state index in [0.29, 0.717) is 32.8 Å². The second kappa shape index (κ2) is 7.98. The molecule has 2 aliphatic heterocycles. The molecule has 0 unspecified atom stereocenters. The van der Waals surface area contributed by atoms with Gasteiger partial charge in [-0.15, -0.1) is 0 Å². The molecule has 1 fully saturated rings. The Morgan fingerprint density at radius 3 is 2.72 bits per heavy atom. The van der Waals surface area contributed by atoms with Gasteiger partial charge in [0.2, 0.25) is 12.7 Å². The lowest BCUT2D eigenvalue weighted by Gasteiger charge is -2.12. The molecule has 2 aliphatic rings. The van der Waals surface area contributed by atoms with Gasteiger partial charge in [-0.3, -0.25) is 19.3 Å². The predicted molar refractivity (Wildman–Crippen MR) is 110 cm³/mol. The van der Waals surface area contributed by atoms with Crippen LogP contribution in [0.4, 0.5) is 10.5 Å². The van der Waals surface area contributed by atoms with E-state index in [1.165, 1.54) is 12.1 Å². The first kappa shape index (κ1) is 19.6. The summed E-state index contributed by atoms with van der Waals surface area (Å²) in [7, 11) is 0. The van der Waals surface area contributed by atoms with Gasteiger partial charge in [-0.1, -0.05) is 29.3 Å². The van der Waals surface area contributed by atoms with Crippen molar-refractivity contribution in [1.82, 2.24) is 4.90 Å². The minimum atomic E-state index is -0.563. The third-order valence-corrected chi connectivity index (χ3v) is 5.55. The highest BCUT2D eigenvalue weighted by atomic mass is 35.5. The van der Waals surface area contributed by atoms with Crippen LogP contribution in [0, 0.1) is 0 Å². The van der Waals surface area contributed by atoms with Gasteiger partial charge in [0.05, 0.1) is 4.91 Å². The number of carbonyl (C=O) groups is 3. The van der Waals surface area contributed by atoms with Crippen LogP contribution in [0.2, 0.25) is 10.0 Å². The van der Waals surface area contributed by atoms with Crippen LogP contribution in [-0.4, -0.2) is 35.3 Å². The molecule has 2 aromatic rings. The average molecular weight is 451 g/mol. The van der Waals surface area contributed by atoms with Gasteiger partial charge in [0.25, 0.3) is 11.1 Å². The summed E-state index contributed by atoms with van der Waals surface area (Å²) in [5.74, 6) is 0.0143. The topological polar surface area (TPSA) is 84.9 Å². The molecule has 7 nitrogen and oxygen atoms in total. The van der Waals surface area contributed by atoms with Crippen LogP contribution >= 0.6 is 35.0 Å². The van der Waals surface area contributed by atoms with Crippen molar-refractivity contribution in [3.63, 3.8) is 0 Å². The highest BCUT2D eigenvalue weighted by Gasteiger charge is 2.36. The van der Waals surface area contributed by atoms with E-state index in [2.05, 4.69) is 5.32 Å². The number of ether oxygens (including phenoxy) is 2. The second-order valence-corrected chi connectivity index (χ2v) is 7.89. The maximum absolute atomic E-state index is 12.6. The number of nitrogens with one attached hydrogen (secondary N) is 1. The summed E-state index contributed by atoms with van der Waals surface area (Å²) in [6, 6.07) is 9.72. The standard InChI is InChI=1S/C19H12Cl2N2O5S/c20-11-2-1-10(13(21)6-11)5-16-18(25)23(19(26)29-16)8-17(24)22-12-3-4-14-15(7-12)28-9-27-14/h1-7H,8-9H2,(H,22,24)/b16-5+. The number of anilines is 1. The van der Waals surface area contributed by atoms with Gasteiger partial charge in [0.1, 0.15) is 6.54 Å². The van der Waals surface area contributed by atoms with Crippen LogP contribution < -0.4 is 14.8 Å². The van der Waals surface area contributed by atoms with Crippen molar-refractivity contribution in [1.29, 1.82) is 0 Å². The van der Waals surface area contributed by atoms with E-state index in [0.717, 1.165) is 16.7 Å². The maximum Gasteiger partial charge on any atom is 0.294 e. The Hall–Kier alpha value is -2.68. The first-order valence-corrected chi connectivity index (χ1v) is 9.88. The molecule has 10 heteroatoms. The van der Waals surface area contributed by atoms with Crippen molar-refractivity contribution in [3.05, 3.63) is 56.9 Å². The zero-order valence-corrected chi connectivity index (χ0v) is 16.9. The molecule has 29 heavy (non-hydrogen) atoms. The fourth-order valence-electron chi connectivity index (χ4n) is 2.71. The third-order valence-electron chi connectivity index (χ3n) is 4.08. The molecule has 2 heterocycles. The van der Waals surface area contributed by atoms with E-state index >= 15 is 0 Å². The summed E-state index contributed by atoms with van der Waals surface area (Å²) in [5, 5.41) is 2.91. The van der Waals surface area contributed by atoms with E-state index in [9.17, 15) is 14.4 Å². The Bertz CT molecular complexity index is 1070. The summed E-state index contributed by atoms with van der Waals surface area (Å²) in [5.41, 5.74) is 1.01. The van der Waals surface area contributed by atoms with Crippen molar-refractivity contribution < 1.29 is 23.9 Å². The zero-order valence-electron chi connectivity index (χ0n) is 14.6. The van der Waals surface area contributed by atoms with Crippen LogP contribution in [0.25, 0.3) is 6.08 Å². The number of fused-ring (bicyclic) bond motifs is 1. The van der Waals surface area contributed by atoms with E-state index < -0.39 is 23.6 Å². The van der Waals surface area contributed by atoms with Crippen LogP contribution in [0.1, 0.15) is 5.56 Å². The summed E-state index contributed by atoms with van der Waals surface area (Å²) < 4.78 is 10.5. The van der Waals surface area contributed by atoms with Crippen molar-refractivity contribution >= 4 is 63.8 Å². The van der Waals surface area contributed by atoms with Gasteiger partial charge in [-0.25, -0.2) is 0 Å². The molecule has 0 saturated carbocycles. The van der Waals surface area contributed by atoms with Crippen molar-refractivity contribution in [3.8, 4) is 11.5 Å². The van der Waals surface area contributed by atoms with Crippen molar-refractivity contribution in [2.75, 3.05) is 18.7 Å². The highest BCUT2D eigenvalue weighted by molar-refractivity contribution is 8.18. The van der Waals surface area contributed by atoms with Crippen LogP contribution in [0.3, 0.4) is 0 Å². The number of thioether (sulfide) groups is 1. The molecule has 3 amide bonds. The fraction of sp³-hybridized carbons (Fsp3) is 0.105. The minimum absolute atomic E-state index is 0.119. The summed E-state index contributed by atoms with van der Waals surface area (Å²) >= 11 is 12.7. The molecule has 0 atom stereocenters.